The number of halogens is 2. The summed E-state index contributed by atoms with van der Waals surface area (Å²) in [6, 6.07) is 7.59. The van der Waals surface area contributed by atoms with Gasteiger partial charge in [-0.25, -0.2) is 4.39 Å². The van der Waals surface area contributed by atoms with Crippen LogP contribution in [0.3, 0.4) is 0 Å². The lowest BCUT2D eigenvalue weighted by Gasteiger charge is -2.10. The number of aliphatic hydroxyl groups excluding tert-OH is 1. The highest BCUT2D eigenvalue weighted by Gasteiger charge is 2.15. The Kier molecular flexibility index (Phi) is 3.05. The molecule has 2 rings (SSSR count). The van der Waals surface area contributed by atoms with Gasteiger partial charge in [0.1, 0.15) is 11.9 Å². The molecule has 4 heteroatoms. The number of hydrogen-bond donors (Lipinski definition) is 1. The molecule has 1 aromatic heterocycles. The van der Waals surface area contributed by atoms with E-state index in [0.717, 1.165) is 4.88 Å². The second-order valence-corrected chi connectivity index (χ2v) is 4.47. The molecule has 1 aromatic carbocycles. The first kappa shape index (κ1) is 10.6. The zero-order chi connectivity index (χ0) is 10.8. The zero-order valence-electron chi connectivity index (χ0n) is 7.65. The molecule has 0 bridgehead atoms. The molecule has 15 heavy (non-hydrogen) atoms. The first-order valence-electron chi connectivity index (χ1n) is 4.35. The van der Waals surface area contributed by atoms with E-state index in [1.165, 1.54) is 29.5 Å². The third-order valence-corrected chi connectivity index (χ3v) is 3.33. The van der Waals surface area contributed by atoms with Gasteiger partial charge in [-0.05, 0) is 29.6 Å². The van der Waals surface area contributed by atoms with E-state index in [-0.39, 0.29) is 0 Å². The highest BCUT2D eigenvalue weighted by atomic mass is 35.5. The maximum atomic E-state index is 13.0. The van der Waals surface area contributed by atoms with Gasteiger partial charge in [-0.15, -0.1) is 11.3 Å². The van der Waals surface area contributed by atoms with Crippen LogP contribution in [-0.4, -0.2) is 5.11 Å². The Morgan fingerprint density at radius 2 is 2.13 bits per heavy atom. The highest BCUT2D eigenvalue weighted by molar-refractivity contribution is 7.10. The maximum absolute atomic E-state index is 13.0. The van der Waals surface area contributed by atoms with Crippen molar-refractivity contribution in [2.24, 2.45) is 0 Å². The molecule has 1 nitrogen and oxygen atoms in total. The van der Waals surface area contributed by atoms with Crippen LogP contribution in [0.4, 0.5) is 4.39 Å². The summed E-state index contributed by atoms with van der Waals surface area (Å²) in [6.45, 7) is 0. The smallest absolute Gasteiger partial charge is 0.123 e. The Labute approximate surface area is 95.8 Å². The number of benzene rings is 1. The largest absolute Gasteiger partial charge is 0.383 e. The van der Waals surface area contributed by atoms with E-state index in [0.29, 0.717) is 10.6 Å². The molecule has 0 radical (unpaired) electrons. The van der Waals surface area contributed by atoms with Crippen LogP contribution < -0.4 is 0 Å². The van der Waals surface area contributed by atoms with Gasteiger partial charge in [0.05, 0.1) is 0 Å². The summed E-state index contributed by atoms with van der Waals surface area (Å²) >= 11 is 7.30. The average Bonchev–Trinajstić information content (AvgIpc) is 2.74. The van der Waals surface area contributed by atoms with Gasteiger partial charge >= 0.3 is 0 Å². The van der Waals surface area contributed by atoms with Gasteiger partial charge in [0.15, 0.2) is 0 Å². The minimum atomic E-state index is -0.854. The molecular formula is C11H8ClFOS. The molecule has 0 aliphatic rings. The summed E-state index contributed by atoms with van der Waals surface area (Å²) < 4.78 is 13.0. The van der Waals surface area contributed by atoms with Gasteiger partial charge in [0, 0.05) is 15.5 Å². The Morgan fingerprint density at radius 1 is 1.33 bits per heavy atom. The topological polar surface area (TPSA) is 20.2 Å². The molecular weight excluding hydrogens is 235 g/mol. The number of aliphatic hydroxyl groups is 1. The van der Waals surface area contributed by atoms with Crippen LogP contribution in [0.1, 0.15) is 16.5 Å². The van der Waals surface area contributed by atoms with Crippen molar-refractivity contribution in [2.45, 2.75) is 6.10 Å². The molecule has 78 valence electrons. The third-order valence-electron chi connectivity index (χ3n) is 2.07. The zero-order valence-corrected chi connectivity index (χ0v) is 9.23. The van der Waals surface area contributed by atoms with Crippen LogP contribution >= 0.6 is 22.9 Å². The van der Waals surface area contributed by atoms with Crippen molar-refractivity contribution in [2.75, 3.05) is 0 Å². The number of hydrogen-bond acceptors (Lipinski definition) is 2. The van der Waals surface area contributed by atoms with E-state index in [2.05, 4.69) is 0 Å². The molecule has 1 unspecified atom stereocenters. The molecule has 0 spiro atoms. The molecule has 0 fully saturated rings. The van der Waals surface area contributed by atoms with E-state index >= 15 is 0 Å². The molecule has 2 aromatic rings. The van der Waals surface area contributed by atoms with E-state index in [9.17, 15) is 9.50 Å². The van der Waals surface area contributed by atoms with Crippen molar-refractivity contribution in [1.29, 1.82) is 0 Å². The molecule has 0 amide bonds. The van der Waals surface area contributed by atoms with Crippen molar-refractivity contribution in [1.82, 2.24) is 0 Å². The van der Waals surface area contributed by atoms with E-state index in [4.69, 9.17) is 11.6 Å². The standard InChI is InChI=1S/C11H8ClFOS/c12-9-4-3-7(13)6-8(9)11(14)10-2-1-5-15-10/h1-6,11,14H. The van der Waals surface area contributed by atoms with E-state index in [1.807, 2.05) is 11.4 Å². The van der Waals surface area contributed by atoms with Crippen LogP contribution in [0.5, 0.6) is 0 Å². The van der Waals surface area contributed by atoms with Gasteiger partial charge < -0.3 is 5.11 Å². The molecule has 0 aliphatic carbocycles. The van der Waals surface area contributed by atoms with Gasteiger partial charge in [-0.2, -0.15) is 0 Å². The summed E-state index contributed by atoms with van der Waals surface area (Å²) in [5.41, 5.74) is 0.402. The van der Waals surface area contributed by atoms with Crippen molar-refractivity contribution >= 4 is 22.9 Å². The van der Waals surface area contributed by atoms with Gasteiger partial charge in [0.2, 0.25) is 0 Å². The first-order chi connectivity index (χ1) is 7.18. The summed E-state index contributed by atoms with van der Waals surface area (Å²) in [5, 5.41) is 12.2. The lowest BCUT2D eigenvalue weighted by atomic mass is 10.1. The van der Waals surface area contributed by atoms with E-state index in [1.54, 1.807) is 6.07 Å². The monoisotopic (exact) mass is 242 g/mol. The first-order valence-corrected chi connectivity index (χ1v) is 5.60. The predicted molar refractivity (Wildman–Crippen MR) is 59.8 cm³/mol. The van der Waals surface area contributed by atoms with Crippen LogP contribution in [0.15, 0.2) is 35.7 Å². The van der Waals surface area contributed by atoms with Gasteiger partial charge in [-0.3, -0.25) is 0 Å². The maximum Gasteiger partial charge on any atom is 0.123 e. The second kappa shape index (κ2) is 4.31. The fourth-order valence-corrected chi connectivity index (χ4v) is 2.27. The van der Waals surface area contributed by atoms with Gasteiger partial charge in [-0.1, -0.05) is 17.7 Å². The average molecular weight is 243 g/mol. The molecule has 0 saturated heterocycles. The Hall–Kier alpha value is -0.900. The summed E-state index contributed by atoms with van der Waals surface area (Å²) in [4.78, 5) is 0.752. The van der Waals surface area contributed by atoms with Crippen molar-refractivity contribution in [3.8, 4) is 0 Å². The Morgan fingerprint density at radius 3 is 2.80 bits per heavy atom. The second-order valence-electron chi connectivity index (χ2n) is 3.08. The van der Waals surface area contributed by atoms with Crippen molar-refractivity contribution in [3.05, 3.63) is 57.0 Å². The SMILES string of the molecule is OC(c1cccs1)c1cc(F)ccc1Cl. The molecule has 1 heterocycles. The number of thiophene rings is 1. The number of rotatable bonds is 2. The van der Waals surface area contributed by atoms with E-state index < -0.39 is 11.9 Å². The molecule has 0 saturated carbocycles. The summed E-state index contributed by atoms with van der Waals surface area (Å²) in [7, 11) is 0. The normalized spacial score (nSPS) is 12.7. The fraction of sp³-hybridized carbons (Fsp3) is 0.0909. The Balaban J connectivity index is 2.41. The molecule has 1 atom stereocenters. The van der Waals surface area contributed by atoms with Crippen molar-refractivity contribution < 1.29 is 9.50 Å². The summed E-state index contributed by atoms with van der Waals surface area (Å²) in [5.74, 6) is -0.398. The lowest BCUT2D eigenvalue weighted by Crippen LogP contribution is -1.98. The van der Waals surface area contributed by atoms with Gasteiger partial charge in [0.25, 0.3) is 0 Å². The third kappa shape index (κ3) is 2.20. The van der Waals surface area contributed by atoms with Crippen LogP contribution in [0.2, 0.25) is 5.02 Å². The minimum absolute atomic E-state index is 0.373. The molecule has 0 aliphatic heterocycles. The van der Waals surface area contributed by atoms with Crippen LogP contribution in [0, 0.1) is 5.82 Å². The minimum Gasteiger partial charge on any atom is -0.383 e. The van der Waals surface area contributed by atoms with Crippen molar-refractivity contribution in [3.63, 3.8) is 0 Å². The van der Waals surface area contributed by atoms with Crippen LogP contribution in [-0.2, 0) is 0 Å². The molecule has 1 N–H and O–H groups in total. The predicted octanol–water partition coefficient (Wildman–Crippen LogP) is 3.62. The summed E-state index contributed by atoms with van der Waals surface area (Å²) in [6.07, 6.45) is -0.854. The lowest BCUT2D eigenvalue weighted by molar-refractivity contribution is 0.224. The quantitative estimate of drug-likeness (QED) is 0.853. The Bertz CT molecular complexity index is 456. The fourth-order valence-electron chi connectivity index (χ4n) is 1.32. The highest BCUT2D eigenvalue weighted by Crippen LogP contribution is 2.30. The van der Waals surface area contributed by atoms with Crippen LogP contribution in [0.25, 0.3) is 0 Å².